The van der Waals surface area contributed by atoms with Crippen molar-refractivity contribution in [3.63, 3.8) is 0 Å². The Morgan fingerprint density at radius 1 is 1.23 bits per heavy atom. The molecule has 3 N–H and O–H groups in total. The van der Waals surface area contributed by atoms with Crippen molar-refractivity contribution in [2.75, 3.05) is 26.3 Å². The van der Waals surface area contributed by atoms with Gasteiger partial charge in [-0.15, -0.1) is 12.4 Å². The van der Waals surface area contributed by atoms with E-state index in [-0.39, 0.29) is 29.1 Å². The fourth-order valence-electron chi connectivity index (χ4n) is 2.97. The monoisotopic (exact) mass is 388 g/mol. The second-order valence-corrected chi connectivity index (χ2v) is 5.97. The lowest BCUT2D eigenvalue weighted by molar-refractivity contribution is 0.0667. The molecule has 10 nitrogen and oxygen atoms in total. The predicted molar refractivity (Wildman–Crippen MR) is 100 cm³/mol. The molecule has 0 unspecified atom stereocenters. The minimum absolute atomic E-state index is 0. The van der Waals surface area contributed by atoms with Gasteiger partial charge in [0.25, 0.3) is 5.56 Å². The maximum atomic E-state index is 12.4. The Morgan fingerprint density at radius 3 is 2.54 bits per heavy atom. The SMILES string of the molecule is Cl.Cn1c(=O)c2c(ncn2CCCC(=N)N2CCOCC2)n(C)c1=O.O. The highest BCUT2D eigenvalue weighted by molar-refractivity contribution is 5.85. The molecule has 11 heteroatoms. The highest BCUT2D eigenvalue weighted by Crippen LogP contribution is 2.09. The van der Waals surface area contributed by atoms with Crippen molar-refractivity contribution in [3.05, 3.63) is 27.2 Å². The standard InChI is InChI=1S/C15H22N6O3.ClH.H2O/c1-18-13-12(14(22)19(2)15(18)23)21(10-17-13)5-3-4-11(16)20-6-8-24-9-7-20;;/h10,16H,3-9H2,1-2H3;1H;1H2. The van der Waals surface area contributed by atoms with Gasteiger partial charge in [-0.05, 0) is 6.42 Å². The molecule has 0 aromatic carbocycles. The summed E-state index contributed by atoms with van der Waals surface area (Å²) in [7, 11) is 3.07. The van der Waals surface area contributed by atoms with Gasteiger partial charge in [-0.3, -0.25) is 19.3 Å². The van der Waals surface area contributed by atoms with E-state index in [4.69, 9.17) is 10.1 Å². The van der Waals surface area contributed by atoms with E-state index < -0.39 is 0 Å². The summed E-state index contributed by atoms with van der Waals surface area (Å²) in [6.07, 6.45) is 2.95. The Bertz CT molecular complexity index is 881. The van der Waals surface area contributed by atoms with Gasteiger partial charge in [0.2, 0.25) is 0 Å². The molecule has 2 aromatic rings. The maximum Gasteiger partial charge on any atom is 0.332 e. The molecule has 3 rings (SSSR count). The van der Waals surface area contributed by atoms with E-state index in [9.17, 15) is 9.59 Å². The molecule has 1 aliphatic rings. The molecule has 26 heavy (non-hydrogen) atoms. The van der Waals surface area contributed by atoms with E-state index >= 15 is 0 Å². The third kappa shape index (κ3) is 3.97. The molecule has 0 aliphatic carbocycles. The molecular weight excluding hydrogens is 364 g/mol. The predicted octanol–water partition coefficient (Wildman–Crippen LogP) is -0.880. The van der Waals surface area contributed by atoms with Crippen molar-refractivity contribution in [1.82, 2.24) is 23.6 Å². The fraction of sp³-hybridized carbons (Fsp3) is 0.600. The lowest BCUT2D eigenvalue weighted by Crippen LogP contribution is -2.40. The zero-order valence-electron chi connectivity index (χ0n) is 14.9. The van der Waals surface area contributed by atoms with Crippen molar-refractivity contribution < 1.29 is 10.2 Å². The van der Waals surface area contributed by atoms with Crippen LogP contribution in [0.25, 0.3) is 11.2 Å². The quantitative estimate of drug-likeness (QED) is 0.537. The summed E-state index contributed by atoms with van der Waals surface area (Å²) < 4.78 is 9.53. The molecule has 0 spiro atoms. The number of morpholine rings is 1. The van der Waals surface area contributed by atoms with Crippen LogP contribution < -0.4 is 11.2 Å². The van der Waals surface area contributed by atoms with Gasteiger partial charge in [-0.1, -0.05) is 0 Å². The van der Waals surface area contributed by atoms with Crippen molar-refractivity contribution in [1.29, 1.82) is 5.41 Å². The number of hydrogen-bond acceptors (Lipinski definition) is 5. The number of amidine groups is 1. The Hall–Kier alpha value is -2.17. The third-order valence-electron chi connectivity index (χ3n) is 4.42. The summed E-state index contributed by atoms with van der Waals surface area (Å²) in [6.45, 7) is 3.43. The molecule has 1 fully saturated rings. The van der Waals surface area contributed by atoms with Crippen LogP contribution in [-0.2, 0) is 25.4 Å². The molecule has 2 aromatic heterocycles. The topological polar surface area (TPSA) is 130 Å². The molecule has 146 valence electrons. The maximum absolute atomic E-state index is 12.4. The van der Waals surface area contributed by atoms with Gasteiger partial charge in [-0.25, -0.2) is 9.78 Å². The van der Waals surface area contributed by atoms with Crippen LogP contribution in [-0.4, -0.2) is 61.2 Å². The number of rotatable bonds is 4. The van der Waals surface area contributed by atoms with Gasteiger partial charge >= 0.3 is 5.69 Å². The number of ether oxygens (including phenoxy) is 1. The molecule has 0 radical (unpaired) electrons. The van der Waals surface area contributed by atoms with E-state index in [1.54, 1.807) is 17.9 Å². The van der Waals surface area contributed by atoms with Gasteiger partial charge in [0, 0.05) is 40.2 Å². The minimum Gasteiger partial charge on any atom is -0.412 e. The van der Waals surface area contributed by atoms with Crippen molar-refractivity contribution in [3.8, 4) is 0 Å². The summed E-state index contributed by atoms with van der Waals surface area (Å²) in [5, 5.41) is 8.15. The van der Waals surface area contributed by atoms with Crippen LogP contribution in [0.3, 0.4) is 0 Å². The summed E-state index contributed by atoms with van der Waals surface area (Å²) in [5.74, 6) is 0.600. The first kappa shape index (κ1) is 21.9. The second kappa shape index (κ2) is 8.97. The molecule has 0 saturated carbocycles. The molecule has 0 atom stereocenters. The number of aromatic nitrogens is 4. The number of nitrogens with one attached hydrogen (secondary N) is 1. The average molecular weight is 389 g/mol. The Morgan fingerprint density at radius 2 is 1.88 bits per heavy atom. The molecular formula is C15H25ClN6O4. The number of imidazole rings is 1. The largest absolute Gasteiger partial charge is 0.412 e. The first-order valence-corrected chi connectivity index (χ1v) is 8.01. The number of nitrogens with zero attached hydrogens (tertiary/aromatic N) is 5. The van der Waals surface area contributed by atoms with E-state index in [1.807, 2.05) is 4.90 Å². The zero-order valence-corrected chi connectivity index (χ0v) is 15.7. The first-order valence-electron chi connectivity index (χ1n) is 8.01. The molecule has 1 saturated heterocycles. The number of aryl methyl sites for hydroxylation is 2. The fourth-order valence-corrected chi connectivity index (χ4v) is 2.97. The van der Waals surface area contributed by atoms with Crippen molar-refractivity contribution in [2.24, 2.45) is 14.1 Å². The van der Waals surface area contributed by atoms with Crippen LogP contribution >= 0.6 is 12.4 Å². The Balaban J connectivity index is 0.00000169. The lowest BCUT2D eigenvalue weighted by atomic mass is 10.2. The molecule has 0 bridgehead atoms. The van der Waals surface area contributed by atoms with Gasteiger partial charge < -0.3 is 19.7 Å². The Labute approximate surface area is 156 Å². The van der Waals surface area contributed by atoms with Crippen molar-refractivity contribution >= 4 is 29.4 Å². The van der Waals surface area contributed by atoms with Gasteiger partial charge in [-0.2, -0.15) is 0 Å². The van der Waals surface area contributed by atoms with Crippen LogP contribution in [0.5, 0.6) is 0 Å². The number of hydrogen-bond donors (Lipinski definition) is 1. The van der Waals surface area contributed by atoms with Crippen LogP contribution in [0.1, 0.15) is 12.8 Å². The summed E-state index contributed by atoms with van der Waals surface area (Å²) in [6, 6.07) is 0. The third-order valence-corrected chi connectivity index (χ3v) is 4.42. The molecule has 3 heterocycles. The van der Waals surface area contributed by atoms with Gasteiger partial charge in [0.05, 0.1) is 25.4 Å². The smallest absolute Gasteiger partial charge is 0.332 e. The van der Waals surface area contributed by atoms with E-state index in [1.165, 1.54) is 11.6 Å². The number of fused-ring (bicyclic) bond motifs is 1. The average Bonchev–Trinajstić information content (AvgIpc) is 3.03. The van der Waals surface area contributed by atoms with E-state index in [0.29, 0.717) is 43.2 Å². The van der Waals surface area contributed by atoms with Crippen molar-refractivity contribution in [2.45, 2.75) is 19.4 Å². The highest BCUT2D eigenvalue weighted by atomic mass is 35.5. The Kier molecular flexibility index (Phi) is 7.54. The van der Waals surface area contributed by atoms with Crippen LogP contribution in [0.2, 0.25) is 0 Å². The first-order chi connectivity index (χ1) is 11.5. The van der Waals surface area contributed by atoms with Crippen LogP contribution in [0, 0.1) is 5.41 Å². The highest BCUT2D eigenvalue weighted by Gasteiger charge is 2.16. The normalized spacial score (nSPS) is 14.0. The second-order valence-electron chi connectivity index (χ2n) is 5.97. The zero-order chi connectivity index (χ0) is 17.3. The summed E-state index contributed by atoms with van der Waals surface area (Å²) >= 11 is 0. The van der Waals surface area contributed by atoms with Gasteiger partial charge in [0.1, 0.15) is 0 Å². The van der Waals surface area contributed by atoms with Crippen LogP contribution in [0.4, 0.5) is 0 Å². The van der Waals surface area contributed by atoms with E-state index in [2.05, 4.69) is 4.98 Å². The lowest BCUT2D eigenvalue weighted by Gasteiger charge is -2.29. The van der Waals surface area contributed by atoms with E-state index in [0.717, 1.165) is 24.1 Å². The minimum atomic E-state index is -0.383. The number of halogens is 1. The molecule has 0 amide bonds. The molecule has 1 aliphatic heterocycles. The summed E-state index contributed by atoms with van der Waals surface area (Å²) in [5.41, 5.74) is 0.101. The van der Waals surface area contributed by atoms with Crippen LogP contribution in [0.15, 0.2) is 15.9 Å². The van der Waals surface area contributed by atoms with Gasteiger partial charge in [0.15, 0.2) is 11.2 Å². The summed E-state index contributed by atoms with van der Waals surface area (Å²) in [4.78, 5) is 30.5.